The van der Waals surface area contributed by atoms with Gasteiger partial charge < -0.3 is 20.1 Å². The quantitative estimate of drug-likeness (QED) is 0.530. The number of benzene rings is 1. The maximum Gasteiger partial charge on any atom is 0.411 e. The van der Waals surface area contributed by atoms with Crippen LogP contribution in [0.5, 0.6) is 0 Å². The minimum absolute atomic E-state index is 0.0598. The first kappa shape index (κ1) is 21.9. The van der Waals surface area contributed by atoms with E-state index < -0.39 is 12.8 Å². The van der Waals surface area contributed by atoms with E-state index in [0.29, 0.717) is 30.7 Å². The number of fused-ring (bicyclic) bond motifs is 1. The number of hydrogen-bond acceptors (Lipinski definition) is 4. The maximum absolute atomic E-state index is 12.1. The Hall–Kier alpha value is -1.84. The third-order valence-corrected chi connectivity index (χ3v) is 5.20. The van der Waals surface area contributed by atoms with Crippen molar-refractivity contribution in [3.05, 3.63) is 35.4 Å². The normalized spacial score (nSPS) is 23.1. The summed E-state index contributed by atoms with van der Waals surface area (Å²) >= 11 is 0. The van der Waals surface area contributed by atoms with Gasteiger partial charge in [-0.05, 0) is 30.5 Å². The van der Waals surface area contributed by atoms with Gasteiger partial charge in [-0.2, -0.15) is 13.2 Å². The average Bonchev–Trinajstić information content (AvgIpc) is 3.16. The highest BCUT2D eigenvalue weighted by Crippen LogP contribution is 2.22. The van der Waals surface area contributed by atoms with Gasteiger partial charge in [0.05, 0.1) is 19.3 Å². The van der Waals surface area contributed by atoms with Crippen LogP contribution in [0.3, 0.4) is 0 Å². The number of hydrogen-bond donors (Lipinski definition) is 2. The molecule has 0 aromatic heterocycles. The lowest BCUT2D eigenvalue weighted by molar-refractivity contribution is -0.176. The third kappa shape index (κ3) is 7.17. The van der Waals surface area contributed by atoms with E-state index in [1.807, 2.05) is 12.1 Å². The average molecular weight is 414 g/mol. The molecule has 2 aliphatic rings. The molecule has 2 unspecified atom stereocenters. The van der Waals surface area contributed by atoms with Gasteiger partial charge in [0.15, 0.2) is 5.96 Å². The number of rotatable bonds is 7. The molecule has 0 radical (unpaired) electrons. The molecule has 162 valence electrons. The lowest BCUT2D eigenvalue weighted by atomic mass is 10.1. The molecule has 2 heterocycles. The van der Waals surface area contributed by atoms with Crippen molar-refractivity contribution in [2.45, 2.75) is 44.3 Å². The van der Waals surface area contributed by atoms with E-state index in [4.69, 9.17) is 4.74 Å². The van der Waals surface area contributed by atoms with Crippen LogP contribution >= 0.6 is 0 Å². The smallest absolute Gasteiger partial charge is 0.373 e. The topological polar surface area (TPSA) is 58.1 Å². The Labute approximate surface area is 169 Å². The zero-order valence-corrected chi connectivity index (χ0v) is 16.7. The summed E-state index contributed by atoms with van der Waals surface area (Å²) in [5.41, 5.74) is 1.71. The molecule has 2 fully saturated rings. The molecule has 3 rings (SSSR count). The molecule has 2 aliphatic heterocycles. The van der Waals surface area contributed by atoms with Gasteiger partial charge in [0.25, 0.3) is 0 Å². The number of nitrogens with zero attached hydrogens (tertiary/aromatic N) is 2. The molecule has 0 amide bonds. The van der Waals surface area contributed by atoms with Crippen LogP contribution in [-0.2, 0) is 22.6 Å². The molecule has 0 aliphatic carbocycles. The molecule has 1 aromatic rings. The highest BCUT2D eigenvalue weighted by atomic mass is 19.4. The first-order valence-electron chi connectivity index (χ1n) is 9.95. The van der Waals surface area contributed by atoms with Crippen LogP contribution in [0.2, 0.25) is 0 Å². The number of nitrogens with one attached hydrogen (secondary N) is 2. The Kier molecular flexibility index (Phi) is 7.74. The number of ether oxygens (including phenoxy) is 2. The third-order valence-electron chi connectivity index (χ3n) is 5.20. The predicted molar refractivity (Wildman–Crippen MR) is 105 cm³/mol. The molecule has 0 saturated carbocycles. The predicted octanol–water partition coefficient (Wildman–Crippen LogP) is 2.29. The van der Waals surface area contributed by atoms with E-state index in [9.17, 15) is 13.2 Å². The second kappa shape index (κ2) is 10.3. The zero-order valence-electron chi connectivity index (χ0n) is 16.7. The van der Waals surface area contributed by atoms with Crippen molar-refractivity contribution in [3.8, 4) is 0 Å². The largest absolute Gasteiger partial charge is 0.411 e. The van der Waals surface area contributed by atoms with E-state index in [-0.39, 0.29) is 12.7 Å². The van der Waals surface area contributed by atoms with Crippen molar-refractivity contribution >= 4 is 5.96 Å². The number of alkyl halides is 3. The van der Waals surface area contributed by atoms with Crippen molar-refractivity contribution in [1.82, 2.24) is 15.5 Å². The fourth-order valence-corrected chi connectivity index (χ4v) is 3.66. The number of aliphatic imine (C=N–C) groups is 1. The Morgan fingerprint density at radius 1 is 1.24 bits per heavy atom. The zero-order chi connectivity index (χ0) is 20.7. The number of morpholine rings is 1. The summed E-state index contributed by atoms with van der Waals surface area (Å²) in [6.07, 6.45) is -1.66. The summed E-state index contributed by atoms with van der Waals surface area (Å²) < 4.78 is 46.9. The van der Waals surface area contributed by atoms with E-state index in [1.54, 1.807) is 19.2 Å². The minimum atomic E-state index is -4.30. The molecule has 0 spiro atoms. The summed E-state index contributed by atoms with van der Waals surface area (Å²) in [6, 6.07) is 7.86. The lowest BCUT2D eigenvalue weighted by Crippen LogP contribution is -2.51. The molecule has 0 bridgehead atoms. The Morgan fingerprint density at radius 2 is 2.00 bits per heavy atom. The number of halogens is 3. The monoisotopic (exact) mass is 414 g/mol. The maximum atomic E-state index is 12.1. The molecule has 2 N–H and O–H groups in total. The highest BCUT2D eigenvalue weighted by molar-refractivity contribution is 5.79. The van der Waals surface area contributed by atoms with E-state index in [0.717, 1.165) is 25.3 Å². The van der Waals surface area contributed by atoms with Crippen LogP contribution in [-0.4, -0.2) is 69.1 Å². The van der Waals surface area contributed by atoms with Crippen molar-refractivity contribution in [2.24, 2.45) is 4.99 Å². The van der Waals surface area contributed by atoms with Gasteiger partial charge in [-0.25, -0.2) is 0 Å². The van der Waals surface area contributed by atoms with Gasteiger partial charge in [0, 0.05) is 32.7 Å². The van der Waals surface area contributed by atoms with Gasteiger partial charge in [-0.15, -0.1) is 0 Å². The van der Waals surface area contributed by atoms with Gasteiger partial charge in [0.1, 0.15) is 6.61 Å². The summed E-state index contributed by atoms with van der Waals surface area (Å²) in [4.78, 5) is 6.74. The van der Waals surface area contributed by atoms with E-state index in [2.05, 4.69) is 25.3 Å². The van der Waals surface area contributed by atoms with E-state index in [1.165, 1.54) is 12.8 Å². The summed E-state index contributed by atoms with van der Waals surface area (Å²) in [6.45, 7) is 2.87. The summed E-state index contributed by atoms with van der Waals surface area (Å²) in [5.74, 6) is 0.690. The molecule has 1 aromatic carbocycles. The fraction of sp³-hybridized carbons (Fsp3) is 0.650. The van der Waals surface area contributed by atoms with Crippen LogP contribution in [0.25, 0.3) is 0 Å². The molecule has 2 atom stereocenters. The fourth-order valence-electron chi connectivity index (χ4n) is 3.66. The molecule has 2 saturated heterocycles. The van der Waals surface area contributed by atoms with Crippen molar-refractivity contribution in [2.75, 3.05) is 39.9 Å². The molecular formula is C20H29F3N4O2. The summed E-state index contributed by atoms with van der Waals surface area (Å²) in [7, 11) is 1.72. The number of guanidine groups is 1. The molecule has 29 heavy (non-hydrogen) atoms. The minimum Gasteiger partial charge on any atom is -0.373 e. The Balaban J connectivity index is 1.36. The Morgan fingerprint density at radius 3 is 2.72 bits per heavy atom. The molecule has 6 nitrogen and oxygen atoms in total. The van der Waals surface area contributed by atoms with Crippen LogP contribution in [0.15, 0.2) is 29.3 Å². The van der Waals surface area contributed by atoms with Gasteiger partial charge in [0.2, 0.25) is 0 Å². The summed E-state index contributed by atoms with van der Waals surface area (Å²) in [5, 5.41) is 6.55. The molecular weight excluding hydrogens is 385 g/mol. The van der Waals surface area contributed by atoms with Crippen molar-refractivity contribution in [3.63, 3.8) is 0 Å². The molecule has 9 heteroatoms. The Bertz CT molecular complexity index is 667. The van der Waals surface area contributed by atoms with Gasteiger partial charge in [-0.3, -0.25) is 9.89 Å². The van der Waals surface area contributed by atoms with Gasteiger partial charge in [-0.1, -0.05) is 24.3 Å². The van der Waals surface area contributed by atoms with E-state index >= 15 is 0 Å². The highest BCUT2D eigenvalue weighted by Gasteiger charge is 2.32. The second-order valence-corrected chi connectivity index (χ2v) is 7.48. The van der Waals surface area contributed by atoms with Crippen LogP contribution in [0.1, 0.15) is 24.0 Å². The van der Waals surface area contributed by atoms with Crippen LogP contribution in [0.4, 0.5) is 13.2 Å². The standard InChI is InChI=1S/C20H29F3N4O2/c1-24-19(26-10-18-11-27-8-2-3-17(27)13-29-18)25-9-15-4-6-16(7-5-15)12-28-14-20(21,22)23/h4-7,17-18H,2-3,8-14H2,1H3,(H2,24,25,26). The van der Waals surface area contributed by atoms with Crippen molar-refractivity contribution < 1.29 is 22.6 Å². The SMILES string of the molecule is CN=C(NCc1ccc(COCC(F)(F)F)cc1)NCC1CN2CCCC2CO1. The van der Waals surface area contributed by atoms with Crippen molar-refractivity contribution in [1.29, 1.82) is 0 Å². The van der Waals surface area contributed by atoms with Gasteiger partial charge >= 0.3 is 6.18 Å². The van der Waals surface area contributed by atoms with Crippen LogP contribution < -0.4 is 10.6 Å². The first-order valence-corrected chi connectivity index (χ1v) is 9.95. The lowest BCUT2D eigenvalue weighted by Gasteiger charge is -2.35. The van der Waals surface area contributed by atoms with Crippen LogP contribution in [0, 0.1) is 0 Å². The second-order valence-electron chi connectivity index (χ2n) is 7.48. The first-order chi connectivity index (χ1) is 13.9.